The van der Waals surface area contributed by atoms with Crippen LogP contribution < -0.4 is 5.73 Å². The summed E-state index contributed by atoms with van der Waals surface area (Å²) in [6.45, 7) is 2.73. The van der Waals surface area contributed by atoms with Gasteiger partial charge in [-0.05, 0) is 43.0 Å². The lowest BCUT2D eigenvalue weighted by molar-refractivity contribution is -0.118. The van der Waals surface area contributed by atoms with Crippen LogP contribution in [0.1, 0.15) is 31.7 Å². The Hall–Kier alpha value is -0.740. The lowest BCUT2D eigenvalue weighted by Gasteiger charge is -2.09. The van der Waals surface area contributed by atoms with E-state index in [2.05, 4.69) is 22.9 Å². The van der Waals surface area contributed by atoms with Gasteiger partial charge in [0, 0.05) is 17.3 Å². The summed E-state index contributed by atoms with van der Waals surface area (Å²) < 4.78 is 14.2. The molecule has 1 aromatic rings. The summed E-state index contributed by atoms with van der Waals surface area (Å²) in [4.78, 5) is 11.7. The van der Waals surface area contributed by atoms with Crippen LogP contribution in [0.2, 0.25) is 0 Å². The summed E-state index contributed by atoms with van der Waals surface area (Å²) in [6, 6.07) is 4.79. The van der Waals surface area contributed by atoms with Crippen LogP contribution >= 0.6 is 15.9 Å². The van der Waals surface area contributed by atoms with E-state index in [1.165, 1.54) is 6.07 Å². The summed E-state index contributed by atoms with van der Waals surface area (Å²) in [5, 5.41) is 0. The molecule has 1 atom stereocenters. The third-order valence-corrected chi connectivity index (χ3v) is 3.47. The Kier molecular flexibility index (Phi) is 6.50. The number of halogens is 2. The highest BCUT2D eigenvalue weighted by Crippen LogP contribution is 2.17. The number of Topliss-reactive ketones (excluding diaryl/α,β-unsaturated/α-hetero) is 1. The number of rotatable bonds is 7. The van der Waals surface area contributed by atoms with Crippen LogP contribution in [0, 0.1) is 11.7 Å². The van der Waals surface area contributed by atoms with Gasteiger partial charge in [-0.25, -0.2) is 4.39 Å². The highest BCUT2D eigenvalue weighted by Gasteiger charge is 2.10. The van der Waals surface area contributed by atoms with Crippen molar-refractivity contribution in [2.24, 2.45) is 11.7 Å². The standard InChI is InChI=1S/C14H19BrFNO/c1-10(6-7-17)2-5-13(18)8-11-3-4-12(15)9-14(11)16/h3-4,9-10H,2,5-8,17H2,1H3. The molecule has 0 aliphatic carbocycles. The van der Waals surface area contributed by atoms with Gasteiger partial charge in [-0.3, -0.25) is 4.79 Å². The zero-order valence-electron chi connectivity index (χ0n) is 10.6. The van der Waals surface area contributed by atoms with Crippen molar-refractivity contribution in [3.05, 3.63) is 34.1 Å². The predicted octanol–water partition coefficient (Wildman–Crippen LogP) is 3.46. The van der Waals surface area contributed by atoms with Crippen molar-refractivity contribution < 1.29 is 9.18 Å². The van der Waals surface area contributed by atoms with Crippen LogP contribution in [0.3, 0.4) is 0 Å². The second-order valence-electron chi connectivity index (χ2n) is 4.67. The second kappa shape index (κ2) is 7.64. The van der Waals surface area contributed by atoms with Crippen molar-refractivity contribution in [3.63, 3.8) is 0 Å². The van der Waals surface area contributed by atoms with Gasteiger partial charge in [0.25, 0.3) is 0 Å². The van der Waals surface area contributed by atoms with Crippen molar-refractivity contribution in [1.82, 2.24) is 0 Å². The fourth-order valence-electron chi connectivity index (χ4n) is 1.80. The average Bonchev–Trinajstić information content (AvgIpc) is 2.31. The van der Waals surface area contributed by atoms with Gasteiger partial charge in [-0.15, -0.1) is 0 Å². The molecule has 0 saturated heterocycles. The van der Waals surface area contributed by atoms with Crippen molar-refractivity contribution in [2.75, 3.05) is 6.54 Å². The van der Waals surface area contributed by atoms with Gasteiger partial charge < -0.3 is 5.73 Å². The first-order valence-corrected chi connectivity index (χ1v) is 6.98. The quantitative estimate of drug-likeness (QED) is 0.837. The number of nitrogens with two attached hydrogens (primary N) is 1. The molecule has 1 unspecified atom stereocenters. The van der Waals surface area contributed by atoms with Crippen LogP contribution in [0.25, 0.3) is 0 Å². The van der Waals surface area contributed by atoms with Gasteiger partial charge in [-0.1, -0.05) is 28.9 Å². The topological polar surface area (TPSA) is 43.1 Å². The van der Waals surface area contributed by atoms with Crippen molar-refractivity contribution in [1.29, 1.82) is 0 Å². The highest BCUT2D eigenvalue weighted by molar-refractivity contribution is 9.10. The van der Waals surface area contributed by atoms with E-state index in [1.54, 1.807) is 12.1 Å². The van der Waals surface area contributed by atoms with Gasteiger partial charge >= 0.3 is 0 Å². The SMILES string of the molecule is CC(CCN)CCC(=O)Cc1ccc(Br)cc1F. The van der Waals surface area contributed by atoms with Gasteiger partial charge in [0.2, 0.25) is 0 Å². The van der Waals surface area contributed by atoms with Crippen LogP contribution in [-0.2, 0) is 11.2 Å². The molecular weight excluding hydrogens is 297 g/mol. The normalized spacial score (nSPS) is 12.4. The zero-order valence-corrected chi connectivity index (χ0v) is 12.2. The summed E-state index contributed by atoms with van der Waals surface area (Å²) in [5.41, 5.74) is 5.92. The minimum absolute atomic E-state index is 0.0834. The van der Waals surface area contributed by atoms with Gasteiger partial charge in [-0.2, -0.15) is 0 Å². The van der Waals surface area contributed by atoms with E-state index in [-0.39, 0.29) is 18.0 Å². The van der Waals surface area contributed by atoms with Crippen molar-refractivity contribution in [3.8, 4) is 0 Å². The van der Waals surface area contributed by atoms with Crippen LogP contribution in [0.5, 0.6) is 0 Å². The molecule has 2 nitrogen and oxygen atoms in total. The molecular formula is C14H19BrFNO. The molecule has 1 rings (SSSR count). The Bertz CT molecular complexity index is 409. The summed E-state index contributed by atoms with van der Waals surface area (Å²) in [5.74, 6) is 0.210. The number of ketones is 1. The highest BCUT2D eigenvalue weighted by atomic mass is 79.9. The number of hydrogen-bond acceptors (Lipinski definition) is 2. The van der Waals surface area contributed by atoms with Gasteiger partial charge in [0.15, 0.2) is 0 Å². The molecule has 0 spiro atoms. The molecule has 0 saturated carbocycles. The maximum absolute atomic E-state index is 13.5. The first-order valence-electron chi connectivity index (χ1n) is 6.18. The van der Waals surface area contributed by atoms with E-state index in [1.807, 2.05) is 0 Å². The number of carbonyl (C=O) groups is 1. The van der Waals surface area contributed by atoms with Crippen LogP contribution in [0.4, 0.5) is 4.39 Å². The fourth-order valence-corrected chi connectivity index (χ4v) is 2.14. The molecule has 18 heavy (non-hydrogen) atoms. The second-order valence-corrected chi connectivity index (χ2v) is 5.59. The number of carbonyl (C=O) groups excluding carboxylic acids is 1. The lowest BCUT2D eigenvalue weighted by atomic mass is 9.97. The third-order valence-electron chi connectivity index (χ3n) is 2.98. The molecule has 4 heteroatoms. The van der Waals surface area contributed by atoms with Crippen molar-refractivity contribution in [2.45, 2.75) is 32.6 Å². The Morgan fingerprint density at radius 3 is 2.78 bits per heavy atom. The maximum Gasteiger partial charge on any atom is 0.137 e. The molecule has 1 aromatic carbocycles. The van der Waals surface area contributed by atoms with E-state index < -0.39 is 0 Å². The molecule has 0 radical (unpaired) electrons. The van der Waals surface area contributed by atoms with Gasteiger partial charge in [0.1, 0.15) is 11.6 Å². The molecule has 100 valence electrons. The van der Waals surface area contributed by atoms with E-state index in [0.717, 1.165) is 12.8 Å². The molecule has 0 amide bonds. The Labute approximate surface area is 116 Å². The fraction of sp³-hybridized carbons (Fsp3) is 0.500. The molecule has 0 aromatic heterocycles. The van der Waals surface area contributed by atoms with E-state index >= 15 is 0 Å². The molecule has 2 N–H and O–H groups in total. The van der Waals surface area contributed by atoms with Gasteiger partial charge in [0.05, 0.1) is 0 Å². The first kappa shape index (κ1) is 15.3. The minimum Gasteiger partial charge on any atom is -0.330 e. The lowest BCUT2D eigenvalue weighted by Crippen LogP contribution is -2.10. The Balaban J connectivity index is 2.44. The van der Waals surface area contributed by atoms with E-state index in [0.29, 0.717) is 28.9 Å². The smallest absolute Gasteiger partial charge is 0.137 e. The summed E-state index contributed by atoms with van der Waals surface area (Å²) in [7, 11) is 0. The summed E-state index contributed by atoms with van der Waals surface area (Å²) >= 11 is 3.19. The molecule has 0 aliphatic heterocycles. The van der Waals surface area contributed by atoms with Crippen molar-refractivity contribution >= 4 is 21.7 Å². The molecule has 0 aliphatic rings. The predicted molar refractivity (Wildman–Crippen MR) is 74.9 cm³/mol. The zero-order chi connectivity index (χ0) is 13.5. The van der Waals surface area contributed by atoms with Crippen LogP contribution in [0.15, 0.2) is 22.7 Å². The van der Waals surface area contributed by atoms with E-state index in [4.69, 9.17) is 5.73 Å². The molecule has 0 bridgehead atoms. The monoisotopic (exact) mass is 315 g/mol. The third kappa shape index (κ3) is 5.27. The first-order chi connectivity index (χ1) is 8.52. The largest absolute Gasteiger partial charge is 0.330 e. The Morgan fingerprint density at radius 2 is 2.17 bits per heavy atom. The Morgan fingerprint density at radius 1 is 1.44 bits per heavy atom. The number of hydrogen-bond donors (Lipinski definition) is 1. The molecule has 0 fully saturated rings. The summed E-state index contributed by atoms with van der Waals surface area (Å²) in [6.07, 6.45) is 2.43. The van der Waals surface area contributed by atoms with Crippen LogP contribution in [-0.4, -0.2) is 12.3 Å². The molecule has 0 heterocycles. The maximum atomic E-state index is 13.5. The van der Waals surface area contributed by atoms with E-state index in [9.17, 15) is 9.18 Å². The minimum atomic E-state index is -0.326. The average molecular weight is 316 g/mol. The number of benzene rings is 1.